The zero-order valence-corrected chi connectivity index (χ0v) is 11.3. The summed E-state index contributed by atoms with van der Waals surface area (Å²) < 4.78 is 5.02. The summed E-state index contributed by atoms with van der Waals surface area (Å²) >= 11 is 0. The lowest BCUT2D eigenvalue weighted by molar-refractivity contribution is 0.391. The summed E-state index contributed by atoms with van der Waals surface area (Å²) in [7, 11) is 0. The van der Waals surface area contributed by atoms with Crippen molar-refractivity contribution in [3.05, 3.63) is 28.9 Å². The van der Waals surface area contributed by atoms with E-state index in [-0.39, 0.29) is 0 Å². The van der Waals surface area contributed by atoms with Crippen LogP contribution in [-0.2, 0) is 13.0 Å². The Morgan fingerprint density at radius 3 is 2.58 bits per heavy atom. The molecular formula is C12H18N6O. The minimum Gasteiger partial charge on any atom is -0.364 e. The van der Waals surface area contributed by atoms with Gasteiger partial charge in [0, 0.05) is 18.1 Å². The number of hydrogen-bond donors (Lipinski definition) is 3. The molecule has 0 atom stereocenters. The molecule has 2 aromatic heterocycles. The van der Waals surface area contributed by atoms with Crippen LogP contribution in [0.3, 0.4) is 0 Å². The molecule has 2 heterocycles. The van der Waals surface area contributed by atoms with Crippen LogP contribution in [-0.4, -0.2) is 15.1 Å². The summed E-state index contributed by atoms with van der Waals surface area (Å²) in [6.45, 7) is 6.31. The van der Waals surface area contributed by atoms with E-state index in [9.17, 15) is 0 Å². The molecule has 0 spiro atoms. The maximum atomic E-state index is 5.46. The molecule has 0 aliphatic heterocycles. The third-order valence-corrected chi connectivity index (χ3v) is 2.76. The molecule has 19 heavy (non-hydrogen) atoms. The van der Waals surface area contributed by atoms with E-state index in [1.165, 1.54) is 0 Å². The molecule has 0 aliphatic carbocycles. The molecule has 0 fully saturated rings. The Kier molecular flexibility index (Phi) is 3.96. The summed E-state index contributed by atoms with van der Waals surface area (Å²) in [6, 6.07) is 1.88. The normalized spacial score (nSPS) is 10.5. The van der Waals surface area contributed by atoms with Crippen molar-refractivity contribution >= 4 is 11.6 Å². The highest BCUT2D eigenvalue weighted by Crippen LogP contribution is 2.20. The fraction of sp³-hybridized carbons (Fsp3) is 0.417. The quantitative estimate of drug-likeness (QED) is 0.555. The minimum absolute atomic E-state index is 0.544. The van der Waals surface area contributed by atoms with E-state index in [2.05, 4.69) is 25.9 Å². The first-order valence-electron chi connectivity index (χ1n) is 6.14. The van der Waals surface area contributed by atoms with Gasteiger partial charge < -0.3 is 15.3 Å². The van der Waals surface area contributed by atoms with Gasteiger partial charge in [0.25, 0.3) is 0 Å². The fourth-order valence-electron chi connectivity index (χ4n) is 1.71. The summed E-state index contributed by atoms with van der Waals surface area (Å²) in [5.74, 6) is 8.36. The van der Waals surface area contributed by atoms with Gasteiger partial charge in [-0.25, -0.2) is 15.8 Å². The van der Waals surface area contributed by atoms with Crippen LogP contribution in [0.15, 0.2) is 10.6 Å². The number of nitrogens with two attached hydrogens (primary N) is 1. The number of aromatic nitrogens is 3. The standard InChI is InChI=1S/C12H18N6O/c1-4-10-15-11(8(3)12(16-10)17-13)14-6-9-5-7(2)19-18-9/h5H,4,6,13H2,1-3H3,(H2,14,15,16,17). The van der Waals surface area contributed by atoms with E-state index >= 15 is 0 Å². The highest BCUT2D eigenvalue weighted by molar-refractivity contribution is 5.56. The average molecular weight is 262 g/mol. The van der Waals surface area contributed by atoms with Crippen LogP contribution in [0.2, 0.25) is 0 Å². The van der Waals surface area contributed by atoms with Crippen LogP contribution in [0.5, 0.6) is 0 Å². The van der Waals surface area contributed by atoms with Gasteiger partial charge in [-0.05, 0) is 13.8 Å². The van der Waals surface area contributed by atoms with Crippen LogP contribution in [0.4, 0.5) is 11.6 Å². The van der Waals surface area contributed by atoms with Gasteiger partial charge in [0.05, 0.1) is 6.54 Å². The Morgan fingerprint density at radius 1 is 1.26 bits per heavy atom. The second kappa shape index (κ2) is 5.66. The zero-order chi connectivity index (χ0) is 13.8. The predicted octanol–water partition coefficient (Wildman–Crippen LogP) is 1.54. The molecule has 7 nitrogen and oxygen atoms in total. The number of anilines is 2. The molecule has 2 rings (SSSR count). The van der Waals surface area contributed by atoms with Crippen molar-refractivity contribution in [3.8, 4) is 0 Å². The molecule has 102 valence electrons. The van der Waals surface area contributed by atoms with Crippen LogP contribution in [0, 0.1) is 13.8 Å². The van der Waals surface area contributed by atoms with E-state index in [1.54, 1.807) is 0 Å². The highest BCUT2D eigenvalue weighted by atomic mass is 16.5. The molecule has 0 radical (unpaired) electrons. The maximum Gasteiger partial charge on any atom is 0.148 e. The predicted molar refractivity (Wildman–Crippen MR) is 72.5 cm³/mol. The van der Waals surface area contributed by atoms with E-state index in [1.807, 2.05) is 26.8 Å². The van der Waals surface area contributed by atoms with E-state index in [4.69, 9.17) is 10.4 Å². The Morgan fingerprint density at radius 2 is 2.00 bits per heavy atom. The molecule has 0 aliphatic rings. The lowest BCUT2D eigenvalue weighted by Gasteiger charge is -2.12. The minimum atomic E-state index is 0.544. The maximum absolute atomic E-state index is 5.46. The van der Waals surface area contributed by atoms with Crippen LogP contribution >= 0.6 is 0 Å². The zero-order valence-electron chi connectivity index (χ0n) is 11.3. The Bertz CT molecular complexity index is 565. The first-order chi connectivity index (χ1) is 9.13. The molecule has 2 aromatic rings. The molecule has 0 bridgehead atoms. The van der Waals surface area contributed by atoms with Gasteiger partial charge in [0.15, 0.2) is 0 Å². The molecule has 0 saturated heterocycles. The van der Waals surface area contributed by atoms with Gasteiger partial charge in [0.1, 0.15) is 28.9 Å². The first kappa shape index (κ1) is 13.3. The summed E-state index contributed by atoms with van der Waals surface area (Å²) in [5.41, 5.74) is 4.29. The largest absolute Gasteiger partial charge is 0.364 e. The Hall–Kier alpha value is -2.15. The number of hydrogen-bond acceptors (Lipinski definition) is 7. The van der Waals surface area contributed by atoms with Crippen molar-refractivity contribution in [2.75, 3.05) is 10.7 Å². The topological polar surface area (TPSA) is 102 Å². The lowest BCUT2D eigenvalue weighted by atomic mass is 10.3. The van der Waals surface area contributed by atoms with Crippen LogP contribution in [0.25, 0.3) is 0 Å². The number of nitrogens with zero attached hydrogens (tertiary/aromatic N) is 3. The van der Waals surface area contributed by atoms with Gasteiger partial charge in [-0.3, -0.25) is 0 Å². The van der Waals surface area contributed by atoms with Crippen LogP contribution in [0.1, 0.15) is 29.8 Å². The molecule has 0 unspecified atom stereocenters. The molecule has 0 saturated carbocycles. The summed E-state index contributed by atoms with van der Waals surface area (Å²) in [5, 5.41) is 7.15. The van der Waals surface area contributed by atoms with Gasteiger partial charge in [-0.15, -0.1) is 0 Å². The highest BCUT2D eigenvalue weighted by Gasteiger charge is 2.10. The van der Waals surface area contributed by atoms with Crippen molar-refractivity contribution in [2.24, 2.45) is 5.84 Å². The van der Waals surface area contributed by atoms with Gasteiger partial charge in [-0.2, -0.15) is 0 Å². The summed E-state index contributed by atoms with van der Waals surface area (Å²) in [6.07, 6.45) is 0.743. The lowest BCUT2D eigenvalue weighted by Crippen LogP contribution is -2.14. The number of hydrazine groups is 1. The Labute approximate surface area is 111 Å². The van der Waals surface area contributed by atoms with Crippen molar-refractivity contribution in [1.82, 2.24) is 15.1 Å². The van der Waals surface area contributed by atoms with Crippen molar-refractivity contribution in [3.63, 3.8) is 0 Å². The van der Waals surface area contributed by atoms with Gasteiger partial charge in [0.2, 0.25) is 0 Å². The number of aryl methyl sites for hydroxylation is 2. The molecular weight excluding hydrogens is 244 g/mol. The first-order valence-corrected chi connectivity index (χ1v) is 6.14. The molecule has 4 N–H and O–H groups in total. The fourth-order valence-corrected chi connectivity index (χ4v) is 1.71. The average Bonchev–Trinajstić information content (AvgIpc) is 2.83. The third kappa shape index (κ3) is 3.00. The second-order valence-corrected chi connectivity index (χ2v) is 4.24. The van der Waals surface area contributed by atoms with E-state index < -0.39 is 0 Å². The Balaban J connectivity index is 2.19. The molecule has 0 amide bonds. The van der Waals surface area contributed by atoms with Crippen molar-refractivity contribution in [1.29, 1.82) is 0 Å². The number of nitrogen functional groups attached to an aromatic ring is 1. The third-order valence-electron chi connectivity index (χ3n) is 2.76. The smallest absolute Gasteiger partial charge is 0.148 e. The molecule has 0 aromatic carbocycles. The summed E-state index contributed by atoms with van der Waals surface area (Å²) in [4.78, 5) is 8.75. The number of nitrogens with one attached hydrogen (secondary N) is 2. The second-order valence-electron chi connectivity index (χ2n) is 4.24. The SMILES string of the molecule is CCc1nc(NN)c(C)c(NCc2cc(C)on2)n1. The van der Waals surface area contributed by atoms with Gasteiger partial charge >= 0.3 is 0 Å². The van der Waals surface area contributed by atoms with Crippen molar-refractivity contribution in [2.45, 2.75) is 33.7 Å². The monoisotopic (exact) mass is 262 g/mol. The molecule has 7 heteroatoms. The van der Waals surface area contributed by atoms with Gasteiger partial charge in [-0.1, -0.05) is 12.1 Å². The number of rotatable bonds is 5. The van der Waals surface area contributed by atoms with Crippen molar-refractivity contribution < 1.29 is 4.52 Å². The van der Waals surface area contributed by atoms with Crippen LogP contribution < -0.4 is 16.6 Å². The van der Waals surface area contributed by atoms with E-state index in [0.717, 1.165) is 35.1 Å². The van der Waals surface area contributed by atoms with E-state index in [0.29, 0.717) is 12.4 Å².